The van der Waals surface area contributed by atoms with E-state index in [2.05, 4.69) is 0 Å². The fourth-order valence-corrected chi connectivity index (χ4v) is 0. The first-order valence-electron chi connectivity index (χ1n) is 0.771. The first-order chi connectivity index (χ1) is 2.00. The van der Waals surface area contributed by atoms with Crippen LogP contribution in [0, 0.1) is 0 Å². The van der Waals surface area contributed by atoms with E-state index in [4.69, 9.17) is 5.11 Å². The molecule has 0 N–H and O–H groups in total. The van der Waals surface area contributed by atoms with Crippen molar-refractivity contribution in [2.75, 3.05) is 0 Å². The molecule has 0 atom stereocenters. The number of alkyl halides is 3. The smallest absolute Gasteiger partial charge is 0.771 e. The Balaban J connectivity index is 0. The standard InChI is InChI=1S/CF3O.Na/c2-1(3,4)5;/q-1;+1. The van der Waals surface area contributed by atoms with Gasteiger partial charge in [0.05, 0.1) is 0 Å². The Morgan fingerprint density at radius 2 is 1.17 bits per heavy atom. The molecule has 0 heterocycles. The molecular weight excluding hydrogens is 108 g/mol. The largest absolute Gasteiger partial charge is 1.00 e. The van der Waals surface area contributed by atoms with Gasteiger partial charge in [0.25, 0.3) is 0 Å². The quantitative estimate of drug-likeness (QED) is 0.301. The van der Waals surface area contributed by atoms with Gasteiger partial charge in [-0.15, -0.1) is 0 Å². The Kier molecular flexibility index (Phi) is 4.69. The first kappa shape index (κ1) is 9.89. The third-order valence-corrected chi connectivity index (χ3v) is 0. The molecular formula is CF3NaO. The van der Waals surface area contributed by atoms with Gasteiger partial charge in [0.2, 0.25) is 0 Å². The number of halogens is 3. The summed E-state index contributed by atoms with van der Waals surface area (Å²) in [6.07, 6.45) is -5.25. The molecule has 0 radical (unpaired) electrons. The molecule has 0 spiro atoms. The van der Waals surface area contributed by atoms with E-state index in [-0.39, 0.29) is 29.6 Å². The maximum Gasteiger partial charge on any atom is 1.00 e. The van der Waals surface area contributed by atoms with Crippen molar-refractivity contribution in [3.05, 3.63) is 0 Å². The molecule has 0 aliphatic rings. The van der Waals surface area contributed by atoms with Crippen molar-refractivity contribution in [2.45, 2.75) is 6.36 Å². The van der Waals surface area contributed by atoms with Crippen molar-refractivity contribution in [1.29, 1.82) is 0 Å². The molecule has 0 aromatic carbocycles. The predicted molar refractivity (Wildman–Crippen MR) is 6.05 cm³/mol. The predicted octanol–water partition coefficient (Wildman–Crippen LogP) is -3.13. The van der Waals surface area contributed by atoms with Crippen molar-refractivity contribution < 1.29 is 47.8 Å². The maximum atomic E-state index is 9.80. The Morgan fingerprint density at radius 1 is 1.17 bits per heavy atom. The molecule has 5 heteroatoms. The summed E-state index contributed by atoms with van der Waals surface area (Å²) in [7, 11) is 0. The van der Waals surface area contributed by atoms with Gasteiger partial charge in [-0.05, 0) is 0 Å². The van der Waals surface area contributed by atoms with Crippen molar-refractivity contribution in [3.8, 4) is 0 Å². The molecule has 0 rings (SSSR count). The van der Waals surface area contributed by atoms with Crippen LogP contribution in [0.5, 0.6) is 0 Å². The Bertz CT molecular complexity index is 26.3. The van der Waals surface area contributed by atoms with Gasteiger partial charge < -0.3 is 5.11 Å². The first-order valence-corrected chi connectivity index (χ1v) is 0.771. The minimum Gasteiger partial charge on any atom is -0.771 e. The normalized spacial score (nSPS) is 10.0. The second-order valence-corrected chi connectivity index (χ2v) is 0.446. The number of rotatable bonds is 0. The summed E-state index contributed by atoms with van der Waals surface area (Å²) in [5.74, 6) is 0. The molecule has 0 saturated carbocycles. The van der Waals surface area contributed by atoms with Crippen molar-refractivity contribution in [3.63, 3.8) is 0 Å². The molecule has 0 amide bonds. The topological polar surface area (TPSA) is 23.1 Å². The monoisotopic (exact) mass is 108 g/mol. The molecule has 0 aromatic rings. The molecule has 1 nitrogen and oxygen atoms in total. The molecule has 6 heavy (non-hydrogen) atoms. The van der Waals surface area contributed by atoms with E-state index in [9.17, 15) is 13.2 Å². The van der Waals surface area contributed by atoms with E-state index >= 15 is 0 Å². The Morgan fingerprint density at radius 3 is 1.17 bits per heavy atom. The van der Waals surface area contributed by atoms with Crippen LogP contribution in [0.25, 0.3) is 0 Å². The van der Waals surface area contributed by atoms with Crippen LogP contribution in [-0.4, -0.2) is 6.36 Å². The van der Waals surface area contributed by atoms with Gasteiger partial charge in [0, 0.05) is 0 Å². The second-order valence-electron chi connectivity index (χ2n) is 0.446. The fraction of sp³-hybridized carbons (Fsp3) is 1.00. The third-order valence-electron chi connectivity index (χ3n) is 0. The minimum atomic E-state index is -5.25. The number of hydrogen-bond acceptors (Lipinski definition) is 1. The fourth-order valence-electron chi connectivity index (χ4n) is 0. The average molecular weight is 108 g/mol. The van der Waals surface area contributed by atoms with Crippen LogP contribution in [0.15, 0.2) is 0 Å². The SMILES string of the molecule is [Na+].[O-]C(F)(F)F. The van der Waals surface area contributed by atoms with Gasteiger partial charge in [-0.2, -0.15) is 13.2 Å². The summed E-state index contributed by atoms with van der Waals surface area (Å²) in [6.45, 7) is 0. The third kappa shape index (κ3) is 119. The van der Waals surface area contributed by atoms with Crippen molar-refractivity contribution in [1.82, 2.24) is 0 Å². The van der Waals surface area contributed by atoms with E-state index in [0.717, 1.165) is 0 Å². The summed E-state index contributed by atoms with van der Waals surface area (Å²) in [6, 6.07) is 0. The maximum absolute atomic E-state index is 9.80. The van der Waals surface area contributed by atoms with Crippen molar-refractivity contribution >= 4 is 0 Å². The number of hydrogen-bond donors (Lipinski definition) is 0. The zero-order chi connectivity index (χ0) is 4.50. The summed E-state index contributed by atoms with van der Waals surface area (Å²) in [4.78, 5) is 0. The van der Waals surface area contributed by atoms with E-state index in [1.54, 1.807) is 0 Å². The van der Waals surface area contributed by atoms with Crippen LogP contribution in [0.3, 0.4) is 0 Å². The molecule has 0 aromatic heterocycles. The molecule has 32 valence electrons. The summed E-state index contributed by atoms with van der Waals surface area (Å²) >= 11 is 0. The van der Waals surface area contributed by atoms with E-state index in [0.29, 0.717) is 0 Å². The van der Waals surface area contributed by atoms with Crippen LogP contribution in [0.4, 0.5) is 13.2 Å². The summed E-state index contributed by atoms with van der Waals surface area (Å²) in [5, 5.41) is 8.10. The molecule has 0 fully saturated rings. The van der Waals surface area contributed by atoms with E-state index in [1.165, 1.54) is 0 Å². The van der Waals surface area contributed by atoms with Crippen LogP contribution >= 0.6 is 0 Å². The molecule has 0 unspecified atom stereocenters. The summed E-state index contributed by atoms with van der Waals surface area (Å²) < 4.78 is 29.4. The minimum absolute atomic E-state index is 0. The van der Waals surface area contributed by atoms with Crippen molar-refractivity contribution in [2.24, 2.45) is 0 Å². The molecule has 0 bridgehead atoms. The molecule has 0 aliphatic heterocycles. The van der Waals surface area contributed by atoms with Crippen LogP contribution in [-0.2, 0) is 0 Å². The Labute approximate surface area is 54.4 Å². The van der Waals surface area contributed by atoms with E-state index < -0.39 is 6.36 Å². The van der Waals surface area contributed by atoms with E-state index in [1.807, 2.05) is 0 Å². The second kappa shape index (κ2) is 2.85. The molecule has 0 saturated heterocycles. The van der Waals surface area contributed by atoms with Gasteiger partial charge >= 0.3 is 35.9 Å². The van der Waals surface area contributed by atoms with Gasteiger partial charge in [-0.3, -0.25) is 0 Å². The van der Waals surface area contributed by atoms with Crippen LogP contribution in [0.2, 0.25) is 0 Å². The molecule has 0 aliphatic carbocycles. The van der Waals surface area contributed by atoms with Gasteiger partial charge in [0.15, 0.2) is 0 Å². The average Bonchev–Trinajstić information content (AvgIpc) is 0.722. The van der Waals surface area contributed by atoms with Crippen LogP contribution in [0.1, 0.15) is 0 Å². The van der Waals surface area contributed by atoms with Gasteiger partial charge in [-0.1, -0.05) is 0 Å². The van der Waals surface area contributed by atoms with Crippen LogP contribution < -0.4 is 34.7 Å². The van der Waals surface area contributed by atoms with Gasteiger partial charge in [0.1, 0.15) is 0 Å². The van der Waals surface area contributed by atoms with Gasteiger partial charge in [-0.25, -0.2) is 0 Å². The Hall–Kier alpha value is 0.750. The summed E-state index contributed by atoms with van der Waals surface area (Å²) in [5.41, 5.74) is 0. The zero-order valence-corrected chi connectivity index (χ0v) is 5.04. The zero-order valence-electron chi connectivity index (χ0n) is 3.04.